The number of carbonyl (C=O) groups is 4. The maximum absolute atomic E-state index is 11.9. The molecule has 0 aromatic carbocycles. The predicted molar refractivity (Wildman–Crippen MR) is 91.8 cm³/mol. The Balaban J connectivity index is 4.31. The number of aliphatic hydroxyl groups excluding tert-OH is 1. The second kappa shape index (κ2) is 13.9. The van der Waals surface area contributed by atoms with Crippen molar-refractivity contribution in [1.82, 2.24) is 21.3 Å². The number of hydrogen-bond donors (Lipinski definition) is 8. The molecule has 0 fully saturated rings. The standard InChI is InChI=1S/C14H28N6O6/c15-1-2-17-3-4-18-11(22)7-9(16)13(24)20-10(14(25)26)8-12(23)19-5-6-21/h9-10,17,21H,1-8,15-16H2,(H,18,22)(H,19,23)(H,20,24)(H,25,26)/t9-,10-/m0/s1. The fourth-order valence-electron chi connectivity index (χ4n) is 1.81. The fourth-order valence-corrected chi connectivity index (χ4v) is 1.81. The normalized spacial score (nSPS) is 12.7. The van der Waals surface area contributed by atoms with E-state index in [1.807, 2.05) is 0 Å². The zero-order chi connectivity index (χ0) is 19.9. The van der Waals surface area contributed by atoms with Crippen molar-refractivity contribution in [3.05, 3.63) is 0 Å². The number of rotatable bonds is 14. The van der Waals surface area contributed by atoms with Crippen molar-refractivity contribution in [3.8, 4) is 0 Å². The quantitative estimate of drug-likeness (QED) is 0.137. The lowest BCUT2D eigenvalue weighted by Gasteiger charge is -2.17. The number of carboxylic acid groups (broad SMARTS) is 1. The molecular weight excluding hydrogens is 348 g/mol. The van der Waals surface area contributed by atoms with Crippen molar-refractivity contribution in [2.45, 2.75) is 24.9 Å². The molecule has 0 aliphatic rings. The van der Waals surface area contributed by atoms with Crippen LogP contribution in [-0.4, -0.2) is 85.3 Å². The molecule has 0 unspecified atom stereocenters. The zero-order valence-corrected chi connectivity index (χ0v) is 14.5. The van der Waals surface area contributed by atoms with E-state index >= 15 is 0 Å². The largest absolute Gasteiger partial charge is 0.480 e. The molecule has 0 aromatic rings. The first-order valence-electron chi connectivity index (χ1n) is 8.15. The van der Waals surface area contributed by atoms with Gasteiger partial charge in [-0.05, 0) is 0 Å². The molecule has 0 saturated heterocycles. The number of carboxylic acids is 1. The molecule has 26 heavy (non-hydrogen) atoms. The van der Waals surface area contributed by atoms with E-state index in [1.165, 1.54) is 0 Å². The van der Waals surface area contributed by atoms with Crippen LogP contribution in [0.1, 0.15) is 12.8 Å². The summed E-state index contributed by atoms with van der Waals surface area (Å²) in [6, 6.07) is -2.75. The van der Waals surface area contributed by atoms with E-state index < -0.39 is 42.2 Å². The van der Waals surface area contributed by atoms with Gasteiger partial charge in [-0.25, -0.2) is 4.79 Å². The van der Waals surface area contributed by atoms with E-state index in [-0.39, 0.29) is 19.6 Å². The summed E-state index contributed by atoms with van der Waals surface area (Å²) in [5.41, 5.74) is 10.9. The monoisotopic (exact) mass is 376 g/mol. The molecule has 2 atom stereocenters. The van der Waals surface area contributed by atoms with Crippen LogP contribution >= 0.6 is 0 Å². The predicted octanol–water partition coefficient (Wildman–Crippen LogP) is -4.56. The number of aliphatic hydroxyl groups is 1. The number of nitrogens with two attached hydrogens (primary N) is 2. The minimum absolute atomic E-state index is 0.0288. The highest BCUT2D eigenvalue weighted by atomic mass is 16.4. The van der Waals surface area contributed by atoms with Gasteiger partial charge < -0.3 is 42.9 Å². The molecule has 10 N–H and O–H groups in total. The SMILES string of the molecule is NCCNCCNC(=O)C[C@H](N)C(=O)N[C@@H](CC(=O)NCCO)C(=O)O. The Morgan fingerprint density at radius 2 is 1.54 bits per heavy atom. The van der Waals surface area contributed by atoms with Crippen LogP contribution in [0.15, 0.2) is 0 Å². The molecule has 0 aliphatic heterocycles. The fraction of sp³-hybridized carbons (Fsp3) is 0.714. The van der Waals surface area contributed by atoms with Gasteiger partial charge in [0, 0.05) is 32.7 Å². The van der Waals surface area contributed by atoms with Gasteiger partial charge in [0.2, 0.25) is 17.7 Å². The highest BCUT2D eigenvalue weighted by Gasteiger charge is 2.26. The Kier molecular flexibility index (Phi) is 12.7. The van der Waals surface area contributed by atoms with Crippen LogP contribution in [0.2, 0.25) is 0 Å². The van der Waals surface area contributed by atoms with Gasteiger partial charge in [0.1, 0.15) is 6.04 Å². The second-order valence-corrected chi connectivity index (χ2v) is 5.38. The molecule has 0 rings (SSSR count). The van der Waals surface area contributed by atoms with Crippen LogP contribution in [0, 0.1) is 0 Å². The highest BCUT2D eigenvalue weighted by Crippen LogP contribution is 1.96. The van der Waals surface area contributed by atoms with Crippen LogP contribution in [0.4, 0.5) is 0 Å². The van der Waals surface area contributed by atoms with Crippen molar-refractivity contribution in [1.29, 1.82) is 0 Å². The molecule has 0 aliphatic carbocycles. The van der Waals surface area contributed by atoms with Crippen molar-refractivity contribution >= 4 is 23.7 Å². The van der Waals surface area contributed by atoms with E-state index in [0.717, 1.165) is 0 Å². The summed E-state index contributed by atoms with van der Waals surface area (Å²) < 4.78 is 0. The van der Waals surface area contributed by atoms with Crippen LogP contribution in [0.25, 0.3) is 0 Å². The third-order valence-electron chi connectivity index (χ3n) is 3.13. The summed E-state index contributed by atoms with van der Waals surface area (Å²) in [6.07, 6.45) is -0.849. The van der Waals surface area contributed by atoms with Crippen molar-refractivity contribution in [3.63, 3.8) is 0 Å². The molecule has 0 bridgehead atoms. The van der Waals surface area contributed by atoms with Crippen molar-refractivity contribution in [2.75, 3.05) is 39.3 Å². The van der Waals surface area contributed by atoms with Crippen LogP contribution in [0.5, 0.6) is 0 Å². The molecule has 0 aromatic heterocycles. The maximum Gasteiger partial charge on any atom is 0.326 e. The van der Waals surface area contributed by atoms with E-state index in [2.05, 4.69) is 21.3 Å². The van der Waals surface area contributed by atoms with E-state index in [1.54, 1.807) is 0 Å². The van der Waals surface area contributed by atoms with Gasteiger partial charge in [0.05, 0.1) is 25.5 Å². The lowest BCUT2D eigenvalue weighted by Crippen LogP contribution is -2.51. The van der Waals surface area contributed by atoms with Crippen LogP contribution < -0.4 is 32.7 Å². The molecule has 3 amide bonds. The zero-order valence-electron chi connectivity index (χ0n) is 14.5. The molecule has 0 spiro atoms. The van der Waals surface area contributed by atoms with E-state index in [4.69, 9.17) is 21.7 Å². The number of carbonyl (C=O) groups excluding carboxylic acids is 3. The van der Waals surface area contributed by atoms with Crippen LogP contribution in [0.3, 0.4) is 0 Å². The van der Waals surface area contributed by atoms with Gasteiger partial charge >= 0.3 is 5.97 Å². The van der Waals surface area contributed by atoms with E-state index in [9.17, 15) is 19.2 Å². The van der Waals surface area contributed by atoms with Crippen molar-refractivity contribution in [2.24, 2.45) is 11.5 Å². The lowest BCUT2D eigenvalue weighted by molar-refractivity contribution is -0.143. The van der Waals surface area contributed by atoms with Crippen molar-refractivity contribution < 1.29 is 29.4 Å². The average molecular weight is 376 g/mol. The van der Waals surface area contributed by atoms with E-state index in [0.29, 0.717) is 26.2 Å². The third-order valence-corrected chi connectivity index (χ3v) is 3.13. The number of hydrogen-bond acceptors (Lipinski definition) is 8. The summed E-state index contributed by atoms with van der Waals surface area (Å²) in [4.78, 5) is 46.2. The molecule has 12 nitrogen and oxygen atoms in total. The Bertz CT molecular complexity index is 475. The Morgan fingerprint density at radius 1 is 0.923 bits per heavy atom. The Labute approximate surface area is 151 Å². The summed E-state index contributed by atoms with van der Waals surface area (Å²) in [6.45, 7) is 1.60. The highest BCUT2D eigenvalue weighted by molar-refractivity contribution is 5.92. The third kappa shape index (κ3) is 11.3. The first kappa shape index (κ1) is 23.7. The molecule has 0 heterocycles. The second-order valence-electron chi connectivity index (χ2n) is 5.38. The van der Waals surface area contributed by atoms with Gasteiger partial charge in [-0.15, -0.1) is 0 Å². The maximum atomic E-state index is 11.9. The van der Waals surface area contributed by atoms with Gasteiger partial charge in [-0.2, -0.15) is 0 Å². The summed E-state index contributed by atoms with van der Waals surface area (Å²) in [5.74, 6) is -3.39. The summed E-state index contributed by atoms with van der Waals surface area (Å²) in [7, 11) is 0. The van der Waals surface area contributed by atoms with Gasteiger partial charge in [0.25, 0.3) is 0 Å². The smallest absolute Gasteiger partial charge is 0.326 e. The van der Waals surface area contributed by atoms with Gasteiger partial charge in [0.15, 0.2) is 0 Å². The minimum atomic E-state index is -1.49. The number of aliphatic carboxylic acids is 1. The lowest BCUT2D eigenvalue weighted by atomic mass is 10.1. The molecule has 12 heteroatoms. The van der Waals surface area contributed by atoms with Crippen LogP contribution in [-0.2, 0) is 19.2 Å². The average Bonchev–Trinajstić information content (AvgIpc) is 2.58. The van der Waals surface area contributed by atoms with Gasteiger partial charge in [-0.3, -0.25) is 14.4 Å². The minimum Gasteiger partial charge on any atom is -0.480 e. The molecule has 150 valence electrons. The molecule has 0 saturated carbocycles. The first-order chi connectivity index (χ1) is 12.3. The topological polar surface area (TPSA) is 209 Å². The number of nitrogens with one attached hydrogen (secondary N) is 4. The molecular formula is C14H28N6O6. The van der Waals surface area contributed by atoms with Gasteiger partial charge in [-0.1, -0.05) is 0 Å². The summed E-state index contributed by atoms with van der Waals surface area (Å²) >= 11 is 0. The Morgan fingerprint density at radius 3 is 2.12 bits per heavy atom. The Hall–Kier alpha value is -2.28. The number of amides is 3. The first-order valence-corrected chi connectivity index (χ1v) is 8.15. The summed E-state index contributed by atoms with van der Waals surface area (Å²) in [5, 5.41) is 27.6. The molecule has 0 radical (unpaired) electrons.